The summed E-state index contributed by atoms with van der Waals surface area (Å²) in [5.74, 6) is -0.544. The molecular weight excluding hydrogens is 160 g/mol. The maximum Gasteiger partial charge on any atom is 0.368 e. The molecule has 0 heterocycles. The number of rotatable bonds is 6. The number of ether oxygens (including phenoxy) is 1. The number of hydrogen-bond acceptors (Lipinski definition) is 4. The van der Waals surface area contributed by atoms with Crippen molar-refractivity contribution in [3.63, 3.8) is 0 Å². The van der Waals surface area contributed by atoms with E-state index in [0.29, 0.717) is 18.6 Å². The third-order valence-corrected chi connectivity index (χ3v) is 1.19. The molecule has 0 aliphatic rings. The number of carbonyl (C=O) groups excluding carboxylic acids is 1. The standard InChI is InChI=1S/C8H14O4/c1-4-7(3)8(9)12-11-6-10-5-2/h3-6H2,1-2H3. The third kappa shape index (κ3) is 4.87. The molecule has 0 spiro atoms. The van der Waals surface area contributed by atoms with Gasteiger partial charge in [0, 0.05) is 12.2 Å². The minimum Gasteiger partial charge on any atom is -0.351 e. The van der Waals surface area contributed by atoms with Crippen molar-refractivity contribution >= 4 is 5.97 Å². The number of hydrogen-bond donors (Lipinski definition) is 0. The summed E-state index contributed by atoms with van der Waals surface area (Å²) in [6.45, 7) is 7.58. The van der Waals surface area contributed by atoms with Crippen LogP contribution in [0.4, 0.5) is 0 Å². The molecule has 0 saturated heterocycles. The second kappa shape index (κ2) is 6.82. The lowest BCUT2D eigenvalue weighted by atomic mass is 10.2. The zero-order chi connectivity index (χ0) is 9.40. The van der Waals surface area contributed by atoms with Gasteiger partial charge in [0.15, 0.2) is 6.79 Å². The Labute approximate surface area is 72.0 Å². The maximum absolute atomic E-state index is 10.8. The van der Waals surface area contributed by atoms with Crippen molar-refractivity contribution in [3.05, 3.63) is 12.2 Å². The molecule has 0 aromatic heterocycles. The van der Waals surface area contributed by atoms with Crippen LogP contribution in [0.25, 0.3) is 0 Å². The zero-order valence-corrected chi connectivity index (χ0v) is 7.46. The van der Waals surface area contributed by atoms with Crippen molar-refractivity contribution in [3.8, 4) is 0 Å². The van der Waals surface area contributed by atoms with Crippen LogP contribution in [-0.2, 0) is 19.3 Å². The largest absolute Gasteiger partial charge is 0.368 e. The highest BCUT2D eigenvalue weighted by molar-refractivity contribution is 5.87. The Kier molecular flexibility index (Phi) is 6.32. The lowest BCUT2D eigenvalue weighted by molar-refractivity contribution is -0.307. The molecule has 0 unspecified atom stereocenters. The van der Waals surface area contributed by atoms with Gasteiger partial charge in [-0.1, -0.05) is 13.5 Å². The topological polar surface area (TPSA) is 44.8 Å². The monoisotopic (exact) mass is 174 g/mol. The van der Waals surface area contributed by atoms with Crippen molar-refractivity contribution < 1.29 is 19.3 Å². The zero-order valence-electron chi connectivity index (χ0n) is 7.46. The molecule has 70 valence electrons. The smallest absolute Gasteiger partial charge is 0.351 e. The Morgan fingerprint density at radius 2 is 2.08 bits per heavy atom. The predicted molar refractivity (Wildman–Crippen MR) is 43.1 cm³/mol. The molecular formula is C8H14O4. The lowest BCUT2D eigenvalue weighted by Gasteiger charge is -2.03. The molecule has 0 aliphatic carbocycles. The minimum atomic E-state index is -0.544. The SMILES string of the molecule is C=C(CC)C(=O)OOCOCC. The van der Waals surface area contributed by atoms with Crippen LogP contribution in [0.5, 0.6) is 0 Å². The quantitative estimate of drug-likeness (QED) is 0.201. The van der Waals surface area contributed by atoms with E-state index in [1.165, 1.54) is 0 Å². The Morgan fingerprint density at radius 3 is 2.58 bits per heavy atom. The van der Waals surface area contributed by atoms with Crippen LogP contribution >= 0.6 is 0 Å². The predicted octanol–water partition coefficient (Wildman–Crippen LogP) is 1.42. The molecule has 0 aromatic rings. The van der Waals surface area contributed by atoms with Crippen molar-refractivity contribution in [1.29, 1.82) is 0 Å². The Hall–Kier alpha value is -0.870. The van der Waals surface area contributed by atoms with Gasteiger partial charge in [-0.2, -0.15) is 4.89 Å². The van der Waals surface area contributed by atoms with Crippen LogP contribution in [0.15, 0.2) is 12.2 Å². The first-order valence-corrected chi connectivity index (χ1v) is 3.81. The average molecular weight is 174 g/mol. The first-order valence-electron chi connectivity index (χ1n) is 3.81. The van der Waals surface area contributed by atoms with Crippen LogP contribution < -0.4 is 0 Å². The molecule has 0 aromatic carbocycles. The summed E-state index contributed by atoms with van der Waals surface area (Å²) < 4.78 is 4.77. The van der Waals surface area contributed by atoms with Crippen molar-refractivity contribution in [2.24, 2.45) is 0 Å². The summed E-state index contributed by atoms with van der Waals surface area (Å²) in [6.07, 6.45) is 0.552. The van der Waals surface area contributed by atoms with Crippen molar-refractivity contribution in [1.82, 2.24) is 0 Å². The molecule has 0 saturated carbocycles. The van der Waals surface area contributed by atoms with Gasteiger partial charge < -0.3 is 4.74 Å². The summed E-state index contributed by atoms with van der Waals surface area (Å²) in [4.78, 5) is 19.6. The molecule has 0 atom stereocenters. The molecule has 4 nitrogen and oxygen atoms in total. The van der Waals surface area contributed by atoms with Gasteiger partial charge in [0.25, 0.3) is 0 Å². The van der Waals surface area contributed by atoms with E-state index >= 15 is 0 Å². The van der Waals surface area contributed by atoms with Crippen LogP contribution in [0.3, 0.4) is 0 Å². The van der Waals surface area contributed by atoms with Gasteiger partial charge in [0.1, 0.15) is 0 Å². The summed E-state index contributed by atoms with van der Waals surface area (Å²) in [5, 5.41) is 0. The van der Waals surface area contributed by atoms with E-state index in [1.54, 1.807) is 0 Å². The van der Waals surface area contributed by atoms with Gasteiger partial charge in [-0.25, -0.2) is 4.79 Å². The minimum absolute atomic E-state index is 0.0424. The molecule has 0 fully saturated rings. The fourth-order valence-electron chi connectivity index (χ4n) is 0.398. The van der Waals surface area contributed by atoms with Crippen LogP contribution in [-0.4, -0.2) is 19.4 Å². The first-order chi connectivity index (χ1) is 5.72. The van der Waals surface area contributed by atoms with E-state index in [0.717, 1.165) is 0 Å². The molecule has 0 bridgehead atoms. The molecule has 4 heteroatoms. The molecule has 0 aliphatic heterocycles. The molecule has 0 radical (unpaired) electrons. The van der Waals surface area contributed by atoms with Crippen molar-refractivity contribution in [2.75, 3.05) is 13.4 Å². The highest BCUT2D eigenvalue weighted by atomic mass is 17.2. The van der Waals surface area contributed by atoms with Crippen LogP contribution in [0.2, 0.25) is 0 Å². The second-order valence-electron chi connectivity index (χ2n) is 2.06. The fourth-order valence-corrected chi connectivity index (χ4v) is 0.398. The van der Waals surface area contributed by atoms with Gasteiger partial charge in [0.2, 0.25) is 0 Å². The van der Waals surface area contributed by atoms with E-state index < -0.39 is 5.97 Å². The summed E-state index contributed by atoms with van der Waals surface area (Å²) in [7, 11) is 0. The lowest BCUT2D eigenvalue weighted by Crippen LogP contribution is -2.09. The molecule has 0 amide bonds. The van der Waals surface area contributed by atoms with E-state index in [-0.39, 0.29) is 6.79 Å². The Balaban J connectivity index is 3.38. The van der Waals surface area contributed by atoms with Gasteiger partial charge in [-0.15, -0.1) is 0 Å². The third-order valence-electron chi connectivity index (χ3n) is 1.19. The first kappa shape index (κ1) is 11.1. The van der Waals surface area contributed by atoms with Crippen LogP contribution in [0.1, 0.15) is 20.3 Å². The Morgan fingerprint density at radius 1 is 1.42 bits per heavy atom. The normalized spacial score (nSPS) is 9.50. The molecule has 0 rings (SSSR count). The summed E-state index contributed by atoms with van der Waals surface area (Å²) in [6, 6.07) is 0. The van der Waals surface area contributed by atoms with E-state index in [1.807, 2.05) is 13.8 Å². The number of carbonyl (C=O) groups is 1. The molecule has 12 heavy (non-hydrogen) atoms. The van der Waals surface area contributed by atoms with Crippen molar-refractivity contribution in [2.45, 2.75) is 20.3 Å². The van der Waals surface area contributed by atoms with Gasteiger partial charge in [-0.3, -0.25) is 4.89 Å². The second-order valence-corrected chi connectivity index (χ2v) is 2.06. The van der Waals surface area contributed by atoms with E-state index in [2.05, 4.69) is 16.4 Å². The van der Waals surface area contributed by atoms with E-state index in [9.17, 15) is 4.79 Å². The highest BCUT2D eigenvalue weighted by Crippen LogP contribution is 1.99. The summed E-state index contributed by atoms with van der Waals surface area (Å²) >= 11 is 0. The molecule has 0 N–H and O–H groups in total. The van der Waals surface area contributed by atoms with E-state index in [4.69, 9.17) is 4.74 Å². The van der Waals surface area contributed by atoms with Gasteiger partial charge in [0.05, 0.1) is 0 Å². The van der Waals surface area contributed by atoms with Crippen LogP contribution in [0, 0.1) is 0 Å². The van der Waals surface area contributed by atoms with Gasteiger partial charge >= 0.3 is 5.97 Å². The van der Waals surface area contributed by atoms with Gasteiger partial charge in [-0.05, 0) is 13.3 Å². The highest BCUT2D eigenvalue weighted by Gasteiger charge is 2.06. The Bertz CT molecular complexity index is 153. The summed E-state index contributed by atoms with van der Waals surface area (Å²) in [5.41, 5.74) is 0.381. The average Bonchev–Trinajstić information content (AvgIpc) is 2.10. The fraction of sp³-hybridized carbons (Fsp3) is 0.625. The maximum atomic E-state index is 10.8.